The molecule has 0 amide bonds. The van der Waals surface area contributed by atoms with E-state index in [1.807, 2.05) is 0 Å². The minimum atomic E-state index is -3.13. The van der Waals surface area contributed by atoms with Crippen molar-refractivity contribution in [3.8, 4) is 0 Å². The van der Waals surface area contributed by atoms with Crippen molar-refractivity contribution in [2.75, 3.05) is 13.1 Å². The molecule has 72 valence electrons. The molecule has 3 nitrogen and oxygen atoms in total. The van der Waals surface area contributed by atoms with Crippen LogP contribution in [0.15, 0.2) is 0 Å². The molecule has 0 aromatic heterocycles. The van der Waals surface area contributed by atoms with Gasteiger partial charge in [0, 0.05) is 13.1 Å². The highest BCUT2D eigenvalue weighted by atomic mass is 79.9. The van der Waals surface area contributed by atoms with E-state index in [1.54, 1.807) is 0 Å². The first kappa shape index (κ1) is 10.9. The molecule has 1 heterocycles. The van der Waals surface area contributed by atoms with Gasteiger partial charge in [0.1, 0.15) is 0 Å². The van der Waals surface area contributed by atoms with Crippen LogP contribution in [0.1, 0.15) is 19.3 Å². The molecule has 0 aliphatic carbocycles. The maximum atomic E-state index is 11.5. The Morgan fingerprint density at radius 3 is 2.00 bits per heavy atom. The molecular formula is C6H11Br2NO2S. The van der Waals surface area contributed by atoms with E-state index in [-0.39, 0.29) is 0 Å². The molecule has 6 heteroatoms. The van der Waals surface area contributed by atoms with Gasteiger partial charge in [-0.1, -0.05) is 38.3 Å². The van der Waals surface area contributed by atoms with E-state index in [0.29, 0.717) is 13.1 Å². The Morgan fingerprint density at radius 2 is 1.58 bits per heavy atom. The number of rotatable bonds is 2. The van der Waals surface area contributed by atoms with E-state index in [9.17, 15) is 8.42 Å². The third kappa shape index (κ3) is 2.43. The van der Waals surface area contributed by atoms with Crippen molar-refractivity contribution in [2.24, 2.45) is 0 Å². The maximum Gasteiger partial charge on any atom is 0.237 e. The Balaban J connectivity index is 2.67. The van der Waals surface area contributed by atoms with Gasteiger partial charge in [0.15, 0.2) is 3.07 Å². The first-order valence-corrected chi connectivity index (χ1v) is 7.16. The van der Waals surface area contributed by atoms with E-state index in [4.69, 9.17) is 0 Å². The fraction of sp³-hybridized carbons (Fsp3) is 1.00. The molecule has 0 radical (unpaired) electrons. The SMILES string of the molecule is O=S(=O)(C(Br)Br)N1CCCCC1. The van der Waals surface area contributed by atoms with Crippen LogP contribution in [-0.4, -0.2) is 28.9 Å². The summed E-state index contributed by atoms with van der Waals surface area (Å²) >= 11 is 6.04. The largest absolute Gasteiger partial charge is 0.237 e. The summed E-state index contributed by atoms with van der Waals surface area (Å²) in [7, 11) is -3.13. The summed E-state index contributed by atoms with van der Waals surface area (Å²) in [6.45, 7) is 1.33. The van der Waals surface area contributed by atoms with Crippen LogP contribution < -0.4 is 0 Å². The first-order chi connectivity index (χ1) is 5.55. The Morgan fingerprint density at radius 1 is 1.08 bits per heavy atom. The number of alkyl halides is 2. The standard InChI is InChI=1S/C6H11Br2NO2S/c7-6(8)12(10,11)9-4-2-1-3-5-9/h6H,1-5H2. The second-order valence-corrected chi connectivity index (χ2v) is 9.06. The number of nitrogens with zero attached hydrogens (tertiary/aromatic N) is 1. The number of hydrogen-bond acceptors (Lipinski definition) is 2. The molecule has 0 saturated carbocycles. The lowest BCUT2D eigenvalue weighted by atomic mass is 10.2. The van der Waals surface area contributed by atoms with Crippen LogP contribution in [0.5, 0.6) is 0 Å². The zero-order valence-corrected chi connectivity index (χ0v) is 10.5. The highest BCUT2D eigenvalue weighted by Gasteiger charge is 2.28. The zero-order valence-electron chi connectivity index (χ0n) is 6.54. The highest BCUT2D eigenvalue weighted by molar-refractivity contribution is 9.27. The average Bonchev–Trinajstić information content (AvgIpc) is 2.06. The van der Waals surface area contributed by atoms with Gasteiger partial charge in [-0.15, -0.1) is 0 Å². The molecule has 1 rings (SSSR count). The third-order valence-corrected chi connectivity index (χ3v) is 6.27. The minimum absolute atomic E-state index is 0.643. The van der Waals surface area contributed by atoms with Crippen LogP contribution in [0.3, 0.4) is 0 Å². The molecule has 12 heavy (non-hydrogen) atoms. The van der Waals surface area contributed by atoms with Crippen molar-refractivity contribution in [1.29, 1.82) is 0 Å². The molecule has 0 unspecified atom stereocenters. The van der Waals surface area contributed by atoms with E-state index in [0.717, 1.165) is 19.3 Å². The van der Waals surface area contributed by atoms with Crippen LogP contribution in [0.2, 0.25) is 0 Å². The topological polar surface area (TPSA) is 37.4 Å². The molecule has 0 spiro atoms. The van der Waals surface area contributed by atoms with Gasteiger partial charge in [-0.3, -0.25) is 0 Å². The quantitative estimate of drug-likeness (QED) is 0.728. The average molecular weight is 321 g/mol. The Bertz CT molecular complexity index is 234. The van der Waals surface area contributed by atoms with Crippen molar-refractivity contribution in [2.45, 2.75) is 22.3 Å². The van der Waals surface area contributed by atoms with Gasteiger partial charge in [0.25, 0.3) is 0 Å². The molecule has 0 aromatic carbocycles. The minimum Gasteiger partial charge on any atom is -0.210 e. The Labute approximate surface area is 89.8 Å². The van der Waals surface area contributed by atoms with Crippen LogP contribution in [0.25, 0.3) is 0 Å². The van der Waals surface area contributed by atoms with E-state index in [2.05, 4.69) is 31.9 Å². The lowest BCUT2D eigenvalue weighted by Crippen LogP contribution is -2.38. The maximum absolute atomic E-state index is 11.5. The van der Waals surface area contributed by atoms with Crippen LogP contribution >= 0.6 is 31.9 Å². The van der Waals surface area contributed by atoms with Crippen molar-refractivity contribution in [3.63, 3.8) is 0 Å². The fourth-order valence-corrected chi connectivity index (χ4v) is 3.64. The second-order valence-electron chi connectivity index (χ2n) is 2.77. The van der Waals surface area contributed by atoms with Gasteiger partial charge in [-0.2, -0.15) is 0 Å². The van der Waals surface area contributed by atoms with Gasteiger partial charge >= 0.3 is 0 Å². The third-order valence-electron chi connectivity index (χ3n) is 1.90. The summed E-state index contributed by atoms with van der Waals surface area (Å²) in [5.41, 5.74) is 0. The van der Waals surface area contributed by atoms with Crippen molar-refractivity contribution >= 4 is 41.9 Å². The lowest BCUT2D eigenvalue weighted by Gasteiger charge is -2.26. The van der Waals surface area contributed by atoms with Crippen molar-refractivity contribution in [3.05, 3.63) is 0 Å². The predicted octanol–water partition coefficient (Wildman–Crippen LogP) is 1.88. The summed E-state index contributed by atoms with van der Waals surface area (Å²) < 4.78 is 23.9. The normalized spacial score (nSPS) is 21.6. The summed E-state index contributed by atoms with van der Waals surface area (Å²) in [6, 6.07) is 0. The van der Waals surface area contributed by atoms with Gasteiger partial charge < -0.3 is 0 Å². The molecule has 0 aromatic rings. The molecule has 1 saturated heterocycles. The highest BCUT2D eigenvalue weighted by Crippen LogP contribution is 2.23. The fourth-order valence-electron chi connectivity index (χ4n) is 1.23. The van der Waals surface area contributed by atoms with Gasteiger partial charge in [-0.05, 0) is 12.8 Å². The molecular weight excluding hydrogens is 310 g/mol. The molecule has 1 aliphatic heterocycles. The number of sulfonamides is 1. The summed E-state index contributed by atoms with van der Waals surface area (Å²) in [5.74, 6) is 0. The molecule has 1 aliphatic rings. The van der Waals surface area contributed by atoms with E-state index >= 15 is 0 Å². The Hall–Kier alpha value is 0.870. The molecule has 0 N–H and O–H groups in total. The van der Waals surface area contributed by atoms with Crippen molar-refractivity contribution < 1.29 is 8.42 Å². The van der Waals surface area contributed by atoms with Gasteiger partial charge in [0.2, 0.25) is 10.0 Å². The van der Waals surface area contributed by atoms with Crippen LogP contribution in [0.4, 0.5) is 0 Å². The van der Waals surface area contributed by atoms with E-state index < -0.39 is 13.1 Å². The monoisotopic (exact) mass is 319 g/mol. The van der Waals surface area contributed by atoms with E-state index in [1.165, 1.54) is 4.31 Å². The summed E-state index contributed by atoms with van der Waals surface area (Å²) in [4.78, 5) is 0. The van der Waals surface area contributed by atoms with Crippen molar-refractivity contribution in [1.82, 2.24) is 4.31 Å². The predicted molar refractivity (Wildman–Crippen MR) is 56.0 cm³/mol. The number of halogens is 2. The van der Waals surface area contributed by atoms with Gasteiger partial charge in [-0.25, -0.2) is 12.7 Å². The summed E-state index contributed by atoms with van der Waals surface area (Å²) in [5, 5.41) is 0. The van der Waals surface area contributed by atoms with Crippen LogP contribution in [-0.2, 0) is 10.0 Å². The van der Waals surface area contributed by atoms with Crippen LogP contribution in [0, 0.1) is 0 Å². The van der Waals surface area contributed by atoms with Gasteiger partial charge in [0.05, 0.1) is 0 Å². The lowest BCUT2D eigenvalue weighted by molar-refractivity contribution is 0.348. The Kier molecular flexibility index (Phi) is 4.01. The molecule has 0 atom stereocenters. The smallest absolute Gasteiger partial charge is 0.210 e. The number of hydrogen-bond donors (Lipinski definition) is 0. The molecule has 0 bridgehead atoms. The second kappa shape index (κ2) is 4.39. The number of piperidine rings is 1. The zero-order chi connectivity index (χ0) is 9.19. The first-order valence-electron chi connectivity index (χ1n) is 3.82. The summed E-state index contributed by atoms with van der Waals surface area (Å²) in [6.07, 6.45) is 3.10. The molecule has 1 fully saturated rings.